The Bertz CT molecular complexity index is 1000. The van der Waals surface area contributed by atoms with E-state index in [4.69, 9.17) is 0 Å². The second kappa shape index (κ2) is 7.16. The monoisotopic (exact) mass is 396 g/mol. The fraction of sp³-hybridized carbons (Fsp3) is 0.500. The van der Waals surface area contributed by atoms with Crippen molar-refractivity contribution in [2.45, 2.75) is 39.2 Å². The molecule has 0 unspecified atom stereocenters. The van der Waals surface area contributed by atoms with Gasteiger partial charge in [-0.05, 0) is 61.2 Å². The van der Waals surface area contributed by atoms with Crippen LogP contribution in [0.5, 0.6) is 0 Å². The number of aryl methyl sites for hydroxylation is 1. The number of hydrogen-bond acceptors (Lipinski definition) is 6. The molecular weight excluding hydrogens is 372 g/mol. The van der Waals surface area contributed by atoms with E-state index in [1.807, 2.05) is 35.3 Å². The molecule has 0 spiro atoms. The van der Waals surface area contributed by atoms with Gasteiger partial charge in [-0.1, -0.05) is 0 Å². The van der Waals surface area contributed by atoms with Gasteiger partial charge in [-0.15, -0.1) is 26.6 Å². The van der Waals surface area contributed by atoms with Crippen LogP contribution in [0.3, 0.4) is 0 Å². The van der Waals surface area contributed by atoms with Gasteiger partial charge in [-0.2, -0.15) is 4.52 Å². The number of carbonyl (C=O) groups excluding carboxylic acids is 1. The van der Waals surface area contributed by atoms with E-state index in [9.17, 15) is 4.79 Å². The molecule has 28 heavy (non-hydrogen) atoms. The Morgan fingerprint density at radius 1 is 1.18 bits per heavy atom. The van der Waals surface area contributed by atoms with Crippen LogP contribution in [0.4, 0.5) is 5.82 Å². The molecule has 8 heteroatoms. The Kier molecular flexibility index (Phi) is 4.50. The van der Waals surface area contributed by atoms with E-state index in [2.05, 4.69) is 31.6 Å². The van der Waals surface area contributed by atoms with Crippen molar-refractivity contribution in [3.8, 4) is 0 Å². The number of amides is 1. The molecule has 5 rings (SSSR count). The number of fused-ring (bicyclic) bond motifs is 2. The number of piperidine rings is 1. The third-order valence-corrected chi connectivity index (χ3v) is 6.99. The van der Waals surface area contributed by atoms with Gasteiger partial charge in [0.05, 0.1) is 0 Å². The zero-order valence-corrected chi connectivity index (χ0v) is 16.9. The highest BCUT2D eigenvalue weighted by Crippen LogP contribution is 2.28. The fourth-order valence-electron chi connectivity index (χ4n) is 4.26. The molecule has 0 aliphatic carbocycles. The predicted octanol–water partition coefficient (Wildman–Crippen LogP) is 2.69. The van der Waals surface area contributed by atoms with Crippen LogP contribution in [0, 0.1) is 12.8 Å². The highest BCUT2D eigenvalue weighted by Gasteiger charge is 2.27. The molecule has 5 heterocycles. The molecule has 1 fully saturated rings. The van der Waals surface area contributed by atoms with Gasteiger partial charge in [-0.3, -0.25) is 4.79 Å². The molecule has 0 saturated carbocycles. The van der Waals surface area contributed by atoms with E-state index in [0.29, 0.717) is 18.2 Å². The molecule has 146 valence electrons. The lowest BCUT2D eigenvalue weighted by atomic mass is 9.92. The summed E-state index contributed by atoms with van der Waals surface area (Å²) in [6, 6.07) is 6.15. The number of anilines is 1. The molecule has 0 bridgehead atoms. The topological polar surface area (TPSA) is 66.6 Å². The summed E-state index contributed by atoms with van der Waals surface area (Å²) in [6.07, 6.45) is 3.74. The number of nitrogens with zero attached hydrogens (tertiary/aromatic N) is 6. The minimum atomic E-state index is 0.315. The molecule has 1 saturated heterocycles. The van der Waals surface area contributed by atoms with Gasteiger partial charge in [0.15, 0.2) is 11.5 Å². The van der Waals surface area contributed by atoms with Crippen molar-refractivity contribution >= 4 is 28.7 Å². The van der Waals surface area contributed by atoms with E-state index in [-0.39, 0.29) is 0 Å². The average molecular weight is 397 g/mol. The first-order chi connectivity index (χ1) is 13.7. The molecule has 2 aliphatic heterocycles. The Morgan fingerprint density at radius 2 is 2.04 bits per heavy atom. The Balaban J connectivity index is 1.18. The van der Waals surface area contributed by atoms with Crippen LogP contribution < -0.4 is 4.90 Å². The fourth-order valence-corrected chi connectivity index (χ4v) is 5.15. The Labute approximate surface area is 168 Å². The SMILES string of the molecule is Cc1nnc2ccc(N3CCC(CC(=O)N4CCc5sccc5C4)CC3)nn12. The van der Waals surface area contributed by atoms with Crippen molar-refractivity contribution in [2.75, 3.05) is 24.5 Å². The zero-order chi connectivity index (χ0) is 19.1. The van der Waals surface area contributed by atoms with Gasteiger partial charge >= 0.3 is 0 Å². The summed E-state index contributed by atoms with van der Waals surface area (Å²) in [5.41, 5.74) is 2.11. The largest absolute Gasteiger partial charge is 0.355 e. The van der Waals surface area contributed by atoms with Gasteiger partial charge in [0.1, 0.15) is 5.82 Å². The van der Waals surface area contributed by atoms with Gasteiger partial charge < -0.3 is 9.80 Å². The molecule has 2 aliphatic rings. The smallest absolute Gasteiger partial charge is 0.223 e. The number of thiophene rings is 1. The highest BCUT2D eigenvalue weighted by atomic mass is 32.1. The third kappa shape index (κ3) is 3.26. The summed E-state index contributed by atoms with van der Waals surface area (Å²) in [7, 11) is 0. The number of aromatic nitrogens is 4. The first-order valence-electron chi connectivity index (χ1n) is 9.94. The first-order valence-corrected chi connectivity index (χ1v) is 10.8. The van der Waals surface area contributed by atoms with Crippen LogP contribution >= 0.6 is 11.3 Å². The van der Waals surface area contributed by atoms with Gasteiger partial charge in [0.2, 0.25) is 5.91 Å². The highest BCUT2D eigenvalue weighted by molar-refractivity contribution is 7.10. The van der Waals surface area contributed by atoms with E-state index >= 15 is 0 Å². The van der Waals surface area contributed by atoms with E-state index in [1.165, 1.54) is 10.4 Å². The van der Waals surface area contributed by atoms with Crippen LogP contribution in [0.2, 0.25) is 0 Å². The number of hydrogen-bond donors (Lipinski definition) is 0. The lowest BCUT2D eigenvalue weighted by molar-refractivity contribution is -0.133. The molecule has 0 radical (unpaired) electrons. The summed E-state index contributed by atoms with van der Waals surface area (Å²) in [5, 5.41) is 15.0. The summed E-state index contributed by atoms with van der Waals surface area (Å²) in [6.45, 7) is 5.44. The third-order valence-electron chi connectivity index (χ3n) is 5.97. The summed E-state index contributed by atoms with van der Waals surface area (Å²) < 4.78 is 1.79. The molecule has 0 aromatic carbocycles. The predicted molar refractivity (Wildman–Crippen MR) is 109 cm³/mol. The maximum Gasteiger partial charge on any atom is 0.223 e. The van der Waals surface area contributed by atoms with Gasteiger partial charge in [-0.25, -0.2) is 0 Å². The standard InChI is InChI=1S/C20H24N6OS/c1-14-21-22-18-2-3-19(23-26(14)18)24-8-4-15(5-9-24)12-20(27)25-10-6-17-16(13-25)7-11-28-17/h2-3,7,11,15H,4-6,8-10,12-13H2,1H3. The molecular formula is C20H24N6OS. The quantitative estimate of drug-likeness (QED) is 0.681. The molecule has 1 amide bonds. The normalized spacial score (nSPS) is 17.9. The summed E-state index contributed by atoms with van der Waals surface area (Å²) >= 11 is 1.82. The van der Waals surface area contributed by atoms with E-state index in [1.54, 1.807) is 4.52 Å². The maximum absolute atomic E-state index is 12.8. The molecule has 3 aromatic rings. The Morgan fingerprint density at radius 3 is 2.89 bits per heavy atom. The Hall–Kier alpha value is -2.48. The summed E-state index contributed by atoms with van der Waals surface area (Å²) in [5.74, 6) is 2.54. The maximum atomic E-state index is 12.8. The van der Waals surface area contributed by atoms with Crippen molar-refractivity contribution in [2.24, 2.45) is 5.92 Å². The van der Waals surface area contributed by atoms with E-state index in [0.717, 1.165) is 62.7 Å². The molecule has 7 nitrogen and oxygen atoms in total. The molecule has 3 aromatic heterocycles. The lowest BCUT2D eigenvalue weighted by Gasteiger charge is -2.34. The van der Waals surface area contributed by atoms with Crippen LogP contribution in [-0.2, 0) is 17.8 Å². The minimum absolute atomic E-state index is 0.315. The van der Waals surface area contributed by atoms with Crippen molar-refractivity contribution in [1.29, 1.82) is 0 Å². The van der Waals surface area contributed by atoms with Gasteiger partial charge in [0, 0.05) is 37.5 Å². The zero-order valence-electron chi connectivity index (χ0n) is 16.0. The second-order valence-corrected chi connectivity index (χ2v) is 8.78. The van der Waals surface area contributed by atoms with Crippen molar-refractivity contribution < 1.29 is 4.79 Å². The second-order valence-electron chi connectivity index (χ2n) is 7.78. The van der Waals surface area contributed by atoms with E-state index < -0.39 is 0 Å². The minimum Gasteiger partial charge on any atom is -0.355 e. The number of carbonyl (C=O) groups is 1. The lowest BCUT2D eigenvalue weighted by Crippen LogP contribution is -2.39. The number of rotatable bonds is 3. The summed E-state index contributed by atoms with van der Waals surface area (Å²) in [4.78, 5) is 18.6. The average Bonchev–Trinajstić information content (AvgIpc) is 3.34. The molecule has 0 N–H and O–H groups in total. The van der Waals surface area contributed by atoms with Crippen molar-refractivity contribution in [3.63, 3.8) is 0 Å². The van der Waals surface area contributed by atoms with Crippen LogP contribution in [0.25, 0.3) is 5.65 Å². The van der Waals surface area contributed by atoms with Crippen LogP contribution in [0.1, 0.15) is 35.5 Å². The van der Waals surface area contributed by atoms with Crippen molar-refractivity contribution in [3.05, 3.63) is 39.8 Å². The molecule has 0 atom stereocenters. The first kappa shape index (κ1) is 17.6. The van der Waals surface area contributed by atoms with Gasteiger partial charge in [0.25, 0.3) is 0 Å². The van der Waals surface area contributed by atoms with Crippen molar-refractivity contribution in [1.82, 2.24) is 24.7 Å². The van der Waals surface area contributed by atoms with Crippen LogP contribution in [0.15, 0.2) is 23.6 Å². The van der Waals surface area contributed by atoms with Crippen LogP contribution in [-0.4, -0.2) is 50.3 Å².